The summed E-state index contributed by atoms with van der Waals surface area (Å²) < 4.78 is 37.6. The van der Waals surface area contributed by atoms with Crippen molar-refractivity contribution in [2.45, 2.75) is 17.9 Å². The number of halogens is 1. The number of nitrogens with one attached hydrogen (secondary N) is 1. The van der Waals surface area contributed by atoms with Gasteiger partial charge in [0.25, 0.3) is 0 Å². The first-order valence-electron chi connectivity index (χ1n) is 7.44. The zero-order valence-electron chi connectivity index (χ0n) is 13.6. The van der Waals surface area contributed by atoms with Crippen LogP contribution in [0.15, 0.2) is 57.9 Å². The minimum Gasteiger partial charge on any atom is -0.497 e. The molecule has 0 amide bonds. The van der Waals surface area contributed by atoms with E-state index in [0.717, 1.165) is 10.0 Å². The van der Waals surface area contributed by atoms with E-state index in [1.807, 2.05) is 24.3 Å². The van der Waals surface area contributed by atoms with E-state index in [1.54, 1.807) is 12.1 Å². The standard InChI is InChI=1S/C17H18BrNO5S/c1-23-15-6-8-16(9-7-15)25(21,22)19-11-10-17(20)24-12-13-2-4-14(18)5-3-13/h2-9,19H,10-12H2,1H3. The smallest absolute Gasteiger partial charge is 0.307 e. The van der Waals surface area contributed by atoms with Crippen molar-refractivity contribution in [2.24, 2.45) is 0 Å². The molecule has 2 aromatic rings. The Labute approximate surface area is 155 Å². The molecule has 2 rings (SSSR count). The summed E-state index contributed by atoms with van der Waals surface area (Å²) in [5.41, 5.74) is 0.857. The van der Waals surface area contributed by atoms with Crippen LogP contribution in [0.1, 0.15) is 12.0 Å². The molecule has 134 valence electrons. The first kappa shape index (κ1) is 19.4. The van der Waals surface area contributed by atoms with Gasteiger partial charge in [-0.25, -0.2) is 13.1 Å². The maximum Gasteiger partial charge on any atom is 0.307 e. The van der Waals surface area contributed by atoms with Gasteiger partial charge < -0.3 is 9.47 Å². The first-order chi connectivity index (χ1) is 11.9. The topological polar surface area (TPSA) is 81.7 Å². The molecule has 0 spiro atoms. The van der Waals surface area contributed by atoms with Gasteiger partial charge in [-0.05, 0) is 42.0 Å². The summed E-state index contributed by atoms with van der Waals surface area (Å²) in [4.78, 5) is 11.8. The van der Waals surface area contributed by atoms with E-state index in [4.69, 9.17) is 9.47 Å². The summed E-state index contributed by atoms with van der Waals surface area (Å²) in [6.07, 6.45) is -0.0497. The molecule has 0 aliphatic heterocycles. The van der Waals surface area contributed by atoms with E-state index >= 15 is 0 Å². The van der Waals surface area contributed by atoms with Crippen LogP contribution in [-0.4, -0.2) is 28.0 Å². The molecular weight excluding hydrogens is 410 g/mol. The molecule has 0 aliphatic rings. The van der Waals surface area contributed by atoms with Crippen LogP contribution < -0.4 is 9.46 Å². The van der Waals surface area contributed by atoms with Crippen LogP contribution in [0.5, 0.6) is 5.75 Å². The number of methoxy groups -OCH3 is 1. The highest BCUT2D eigenvalue weighted by atomic mass is 79.9. The number of hydrogen-bond acceptors (Lipinski definition) is 5. The molecule has 6 nitrogen and oxygen atoms in total. The van der Waals surface area contributed by atoms with Gasteiger partial charge in [0.05, 0.1) is 18.4 Å². The third-order valence-corrected chi connectivity index (χ3v) is 5.31. The summed E-state index contributed by atoms with van der Waals surface area (Å²) in [5, 5.41) is 0. The number of rotatable bonds is 8. The maximum atomic E-state index is 12.1. The number of hydrogen-bond donors (Lipinski definition) is 1. The van der Waals surface area contributed by atoms with Crippen LogP contribution in [-0.2, 0) is 26.2 Å². The van der Waals surface area contributed by atoms with E-state index in [1.165, 1.54) is 19.2 Å². The Morgan fingerprint density at radius 3 is 2.32 bits per heavy atom. The van der Waals surface area contributed by atoms with Crippen molar-refractivity contribution >= 4 is 31.9 Å². The van der Waals surface area contributed by atoms with Gasteiger partial charge in [0.2, 0.25) is 10.0 Å². The molecule has 0 fully saturated rings. The summed E-state index contributed by atoms with van der Waals surface area (Å²) in [7, 11) is -2.17. The molecule has 0 bridgehead atoms. The van der Waals surface area contributed by atoms with E-state index in [-0.39, 0.29) is 24.5 Å². The van der Waals surface area contributed by atoms with Gasteiger partial charge in [0, 0.05) is 11.0 Å². The summed E-state index contributed by atoms with van der Waals surface area (Å²) in [6.45, 7) is 0.116. The van der Waals surface area contributed by atoms with Gasteiger partial charge in [0.1, 0.15) is 12.4 Å². The van der Waals surface area contributed by atoms with Crippen molar-refractivity contribution in [1.29, 1.82) is 0 Å². The molecule has 0 radical (unpaired) electrons. The number of benzene rings is 2. The maximum absolute atomic E-state index is 12.1. The lowest BCUT2D eigenvalue weighted by atomic mass is 10.2. The van der Waals surface area contributed by atoms with Crippen LogP contribution in [0.25, 0.3) is 0 Å². The molecule has 0 aliphatic carbocycles. The average Bonchev–Trinajstić information content (AvgIpc) is 2.61. The van der Waals surface area contributed by atoms with E-state index in [0.29, 0.717) is 5.75 Å². The zero-order chi connectivity index (χ0) is 18.3. The quantitative estimate of drug-likeness (QED) is 0.654. The van der Waals surface area contributed by atoms with Gasteiger partial charge in [-0.1, -0.05) is 28.1 Å². The van der Waals surface area contributed by atoms with Crippen molar-refractivity contribution < 1.29 is 22.7 Å². The molecule has 0 saturated carbocycles. The number of ether oxygens (including phenoxy) is 2. The summed E-state index contributed by atoms with van der Waals surface area (Å²) in [5.74, 6) is 0.0934. The highest BCUT2D eigenvalue weighted by Gasteiger charge is 2.14. The second kappa shape index (κ2) is 8.98. The molecule has 8 heteroatoms. The number of carbonyl (C=O) groups excluding carboxylic acids is 1. The minimum atomic E-state index is -3.67. The van der Waals surface area contributed by atoms with Crippen molar-refractivity contribution in [1.82, 2.24) is 4.72 Å². The SMILES string of the molecule is COc1ccc(S(=O)(=O)NCCC(=O)OCc2ccc(Br)cc2)cc1. The fourth-order valence-corrected chi connectivity index (χ4v) is 3.24. The number of esters is 1. The third-order valence-electron chi connectivity index (χ3n) is 3.30. The molecule has 0 heterocycles. The molecular formula is C17H18BrNO5S. The Balaban J connectivity index is 1.78. The Hall–Kier alpha value is -1.90. The highest BCUT2D eigenvalue weighted by Crippen LogP contribution is 2.15. The third kappa shape index (κ3) is 6.15. The van der Waals surface area contributed by atoms with Gasteiger partial charge in [-0.3, -0.25) is 4.79 Å². The molecule has 2 aromatic carbocycles. The lowest BCUT2D eigenvalue weighted by Crippen LogP contribution is -2.26. The monoisotopic (exact) mass is 427 g/mol. The molecule has 0 aromatic heterocycles. The van der Waals surface area contributed by atoms with Crippen LogP contribution in [0, 0.1) is 0 Å². The normalized spacial score (nSPS) is 11.1. The van der Waals surface area contributed by atoms with Crippen molar-refractivity contribution in [3.8, 4) is 5.75 Å². The van der Waals surface area contributed by atoms with Crippen LogP contribution >= 0.6 is 15.9 Å². The lowest BCUT2D eigenvalue weighted by Gasteiger charge is -2.08. The number of sulfonamides is 1. The Bertz CT molecular complexity index is 804. The predicted molar refractivity (Wildman–Crippen MR) is 96.7 cm³/mol. The van der Waals surface area contributed by atoms with Crippen LogP contribution in [0.3, 0.4) is 0 Å². The Morgan fingerprint density at radius 2 is 1.72 bits per heavy atom. The van der Waals surface area contributed by atoms with Crippen molar-refractivity contribution in [3.05, 3.63) is 58.6 Å². The van der Waals surface area contributed by atoms with Crippen molar-refractivity contribution in [3.63, 3.8) is 0 Å². The van der Waals surface area contributed by atoms with E-state index < -0.39 is 16.0 Å². The predicted octanol–water partition coefficient (Wildman–Crippen LogP) is 2.87. The molecule has 25 heavy (non-hydrogen) atoms. The van der Waals surface area contributed by atoms with Crippen LogP contribution in [0.2, 0.25) is 0 Å². The lowest BCUT2D eigenvalue weighted by molar-refractivity contribution is -0.144. The Morgan fingerprint density at radius 1 is 1.08 bits per heavy atom. The second-order valence-electron chi connectivity index (χ2n) is 5.11. The van der Waals surface area contributed by atoms with Gasteiger partial charge in [-0.15, -0.1) is 0 Å². The molecule has 0 unspecified atom stereocenters. The minimum absolute atomic E-state index is 0.0342. The van der Waals surface area contributed by atoms with Gasteiger partial charge in [0.15, 0.2) is 0 Å². The summed E-state index contributed by atoms with van der Waals surface area (Å²) in [6, 6.07) is 13.4. The Kier molecular flexibility index (Phi) is 6.98. The largest absolute Gasteiger partial charge is 0.497 e. The fourth-order valence-electron chi connectivity index (χ4n) is 1.94. The average molecular weight is 428 g/mol. The second-order valence-corrected chi connectivity index (χ2v) is 7.79. The summed E-state index contributed by atoms with van der Waals surface area (Å²) >= 11 is 3.33. The molecule has 0 saturated heterocycles. The van der Waals surface area contributed by atoms with E-state index in [2.05, 4.69) is 20.7 Å². The highest BCUT2D eigenvalue weighted by molar-refractivity contribution is 9.10. The van der Waals surface area contributed by atoms with Gasteiger partial charge in [-0.2, -0.15) is 0 Å². The number of carbonyl (C=O) groups is 1. The first-order valence-corrected chi connectivity index (χ1v) is 9.72. The molecule has 1 N–H and O–H groups in total. The van der Waals surface area contributed by atoms with Crippen molar-refractivity contribution in [2.75, 3.05) is 13.7 Å². The zero-order valence-corrected chi connectivity index (χ0v) is 16.0. The van der Waals surface area contributed by atoms with E-state index in [9.17, 15) is 13.2 Å². The fraction of sp³-hybridized carbons (Fsp3) is 0.235. The van der Waals surface area contributed by atoms with Crippen LogP contribution in [0.4, 0.5) is 0 Å². The molecule has 0 atom stereocenters. The van der Waals surface area contributed by atoms with Gasteiger partial charge >= 0.3 is 5.97 Å².